The van der Waals surface area contributed by atoms with Gasteiger partial charge >= 0.3 is 20.0 Å². The fourth-order valence-electron chi connectivity index (χ4n) is 3.66. The van der Waals surface area contributed by atoms with Crippen LogP contribution in [0.5, 0.6) is 0 Å². The second-order valence-electron chi connectivity index (χ2n) is 8.92. The highest BCUT2D eigenvalue weighted by Gasteiger charge is 2.47. The van der Waals surface area contributed by atoms with Crippen LogP contribution >= 0.6 is 20.2 Å². The van der Waals surface area contributed by atoms with Crippen LogP contribution < -0.4 is 0 Å². The molecule has 0 aliphatic heterocycles. The molecular weight excluding hydrogens is 459 g/mol. The van der Waals surface area contributed by atoms with Gasteiger partial charge in [0.25, 0.3) is 0 Å². The van der Waals surface area contributed by atoms with Crippen molar-refractivity contribution >= 4 is 26.2 Å². The number of rotatable bonds is 25. The molecule has 0 aromatic rings. The largest absolute Gasteiger partial charge is 0.474 e. The standard InChI is InChI=1S/C25H49O6PS/c1-4-6-8-9-10-11-12-13-14-16-21-33-23(18-15-7-5-2)22(3)30-19-17-20-31-25(28,32-29)24(26)27/h22-23,28H,4-21H2,1-3H3,(H,26,27)/p+1. The summed E-state index contributed by atoms with van der Waals surface area (Å²) in [5, 5.41) is 18.9. The second-order valence-corrected chi connectivity index (χ2v) is 11.1. The molecule has 0 aromatic heterocycles. The van der Waals surface area contributed by atoms with Crippen LogP contribution in [0.3, 0.4) is 0 Å². The van der Waals surface area contributed by atoms with Crippen LogP contribution in [0.1, 0.15) is 117 Å². The summed E-state index contributed by atoms with van der Waals surface area (Å²) in [4.78, 5) is 10.9. The van der Waals surface area contributed by atoms with Gasteiger partial charge < -0.3 is 19.7 Å². The number of aliphatic hydroxyl groups is 1. The van der Waals surface area contributed by atoms with Crippen molar-refractivity contribution in [3.05, 3.63) is 0 Å². The molecule has 0 fully saturated rings. The molecule has 0 aliphatic rings. The number of hydrogen-bond donors (Lipinski definition) is 2. The SMILES string of the molecule is CCCCCCCCCCCCSC(CCCCC)C(C)OCCCOC(O)([PH+]=O)C(=O)O. The average molecular weight is 510 g/mol. The summed E-state index contributed by atoms with van der Waals surface area (Å²) >= 11 is 2.02. The number of unbranched alkanes of at least 4 members (excludes halogenated alkanes) is 11. The van der Waals surface area contributed by atoms with E-state index in [1.54, 1.807) is 0 Å². The number of carboxylic acids is 1. The minimum atomic E-state index is -2.61. The maximum Gasteiger partial charge on any atom is 0.470 e. The lowest BCUT2D eigenvalue weighted by atomic mass is 10.1. The molecule has 6 nitrogen and oxygen atoms in total. The van der Waals surface area contributed by atoms with E-state index in [-0.39, 0.29) is 12.7 Å². The molecule has 0 rings (SSSR count). The van der Waals surface area contributed by atoms with E-state index in [0.29, 0.717) is 18.3 Å². The lowest BCUT2D eigenvalue weighted by Crippen LogP contribution is -2.36. The Morgan fingerprint density at radius 1 is 0.879 bits per heavy atom. The summed E-state index contributed by atoms with van der Waals surface area (Å²) in [5.41, 5.74) is -2.61. The number of hydrogen-bond acceptors (Lipinski definition) is 6. The van der Waals surface area contributed by atoms with Gasteiger partial charge in [0.1, 0.15) is 0 Å². The summed E-state index contributed by atoms with van der Waals surface area (Å²) in [7, 11) is -1.48. The highest BCUT2D eigenvalue weighted by Crippen LogP contribution is 2.25. The molecule has 4 unspecified atom stereocenters. The molecule has 0 aliphatic carbocycles. The third-order valence-corrected chi connectivity index (χ3v) is 8.06. The Morgan fingerprint density at radius 3 is 1.97 bits per heavy atom. The van der Waals surface area contributed by atoms with E-state index in [2.05, 4.69) is 20.8 Å². The van der Waals surface area contributed by atoms with Gasteiger partial charge in [0.05, 0.1) is 12.7 Å². The minimum absolute atomic E-state index is 0.0169. The fourth-order valence-corrected chi connectivity index (χ4v) is 5.27. The van der Waals surface area contributed by atoms with Crippen molar-refractivity contribution in [2.24, 2.45) is 0 Å². The van der Waals surface area contributed by atoms with Crippen molar-refractivity contribution in [2.75, 3.05) is 19.0 Å². The normalized spacial score (nSPS) is 15.4. The van der Waals surface area contributed by atoms with Crippen LogP contribution in [0.25, 0.3) is 0 Å². The average Bonchev–Trinajstić information content (AvgIpc) is 2.80. The molecule has 0 amide bonds. The molecule has 33 heavy (non-hydrogen) atoms. The van der Waals surface area contributed by atoms with E-state index in [1.807, 2.05) is 11.8 Å². The highest BCUT2D eigenvalue weighted by molar-refractivity contribution is 7.99. The topological polar surface area (TPSA) is 93.1 Å². The third-order valence-electron chi connectivity index (χ3n) is 5.85. The molecule has 8 heteroatoms. The Hall–Kier alpha value is -0.200. The maximum atomic E-state index is 10.9. The predicted molar refractivity (Wildman–Crippen MR) is 140 cm³/mol. The Balaban J connectivity index is 4.05. The monoisotopic (exact) mass is 509 g/mol. The predicted octanol–water partition coefficient (Wildman–Crippen LogP) is 7.16. The Bertz CT molecular complexity index is 482. The first kappa shape index (κ1) is 32.8. The van der Waals surface area contributed by atoms with Crippen LogP contribution in [0, 0.1) is 0 Å². The van der Waals surface area contributed by atoms with Crippen molar-refractivity contribution in [3.63, 3.8) is 0 Å². The molecule has 0 aromatic carbocycles. The van der Waals surface area contributed by atoms with E-state index < -0.39 is 20.0 Å². The first-order chi connectivity index (χ1) is 15.9. The van der Waals surface area contributed by atoms with E-state index in [1.165, 1.54) is 89.2 Å². The van der Waals surface area contributed by atoms with Gasteiger partial charge in [-0.25, -0.2) is 4.79 Å². The summed E-state index contributed by atoms with van der Waals surface area (Å²) in [6.45, 7) is 6.98. The number of thioether (sulfide) groups is 1. The molecular formula is C25H50O6PS+. The molecule has 0 spiro atoms. The molecule has 0 radical (unpaired) electrons. The number of carbonyl (C=O) groups is 1. The molecule has 196 valence electrons. The Kier molecular flexibility index (Phi) is 22.1. The van der Waals surface area contributed by atoms with Gasteiger partial charge in [0, 0.05) is 11.9 Å². The summed E-state index contributed by atoms with van der Waals surface area (Å²) in [6.07, 6.45) is 18.9. The summed E-state index contributed by atoms with van der Waals surface area (Å²) in [6, 6.07) is 0. The number of carboxylic acid groups (broad SMARTS) is 1. The van der Waals surface area contributed by atoms with Gasteiger partial charge in [0.2, 0.25) is 0 Å². The first-order valence-corrected chi connectivity index (χ1v) is 15.1. The molecule has 0 saturated carbocycles. The summed E-state index contributed by atoms with van der Waals surface area (Å²) in [5.74, 6) is -0.468. The van der Waals surface area contributed by atoms with Crippen LogP contribution in [-0.4, -0.2) is 52.0 Å². The van der Waals surface area contributed by atoms with Gasteiger partial charge in [-0.3, -0.25) is 0 Å². The van der Waals surface area contributed by atoms with Crippen molar-refractivity contribution in [1.82, 2.24) is 0 Å². The van der Waals surface area contributed by atoms with E-state index in [9.17, 15) is 14.5 Å². The Morgan fingerprint density at radius 2 is 1.42 bits per heavy atom. The zero-order chi connectivity index (χ0) is 24.8. The molecule has 0 heterocycles. The van der Waals surface area contributed by atoms with Crippen molar-refractivity contribution in [3.8, 4) is 0 Å². The summed E-state index contributed by atoms with van der Waals surface area (Å²) < 4.78 is 21.7. The number of aliphatic carboxylic acids is 1. The van der Waals surface area contributed by atoms with Crippen molar-refractivity contribution < 1.29 is 29.0 Å². The smallest absolute Gasteiger partial charge is 0.470 e. The second kappa shape index (κ2) is 22.3. The van der Waals surface area contributed by atoms with Crippen LogP contribution in [-0.2, 0) is 18.8 Å². The molecule has 0 saturated heterocycles. The maximum absolute atomic E-state index is 10.9. The van der Waals surface area contributed by atoms with E-state index in [4.69, 9.17) is 14.6 Å². The van der Waals surface area contributed by atoms with Gasteiger partial charge in [-0.15, -0.1) is 0 Å². The van der Waals surface area contributed by atoms with E-state index in [0.717, 1.165) is 6.42 Å². The van der Waals surface area contributed by atoms with E-state index >= 15 is 0 Å². The number of ether oxygens (including phenoxy) is 2. The lowest BCUT2D eigenvalue weighted by Gasteiger charge is -2.24. The zero-order valence-electron chi connectivity index (χ0n) is 21.3. The van der Waals surface area contributed by atoms with Gasteiger partial charge in [0.15, 0.2) is 0 Å². The molecule has 2 N–H and O–H groups in total. The quantitative estimate of drug-likeness (QED) is 0.0766. The molecule has 4 atom stereocenters. The zero-order valence-corrected chi connectivity index (χ0v) is 23.1. The van der Waals surface area contributed by atoms with Gasteiger partial charge in [-0.1, -0.05) is 95.5 Å². The lowest BCUT2D eigenvalue weighted by molar-refractivity contribution is -0.190. The Labute approximate surface area is 208 Å². The highest BCUT2D eigenvalue weighted by atomic mass is 32.2. The minimum Gasteiger partial charge on any atom is -0.474 e. The van der Waals surface area contributed by atoms with Crippen molar-refractivity contribution in [2.45, 2.75) is 134 Å². The van der Waals surface area contributed by atoms with Crippen LogP contribution in [0.2, 0.25) is 0 Å². The van der Waals surface area contributed by atoms with Gasteiger partial charge in [-0.2, -0.15) is 11.8 Å². The molecule has 0 bridgehead atoms. The van der Waals surface area contributed by atoms with Gasteiger partial charge in [-0.05, 0) is 31.9 Å². The first-order valence-electron chi connectivity index (χ1n) is 13.1. The van der Waals surface area contributed by atoms with Crippen molar-refractivity contribution in [1.29, 1.82) is 0 Å². The van der Waals surface area contributed by atoms with Crippen LogP contribution in [0.4, 0.5) is 0 Å². The fraction of sp³-hybridized carbons (Fsp3) is 0.960. The van der Waals surface area contributed by atoms with Crippen LogP contribution in [0.15, 0.2) is 0 Å². The third kappa shape index (κ3) is 17.8.